The molecule has 0 fully saturated rings. The van der Waals surface area contributed by atoms with Gasteiger partial charge in [0.05, 0.1) is 19.8 Å². The van der Waals surface area contributed by atoms with Crippen LogP contribution in [0.4, 0.5) is 0 Å². The maximum atomic E-state index is 12.6. The van der Waals surface area contributed by atoms with Crippen molar-refractivity contribution in [2.75, 3.05) is 26.3 Å². The molecule has 2 aromatic carbocycles. The Morgan fingerprint density at radius 2 is 1.87 bits per heavy atom. The Kier molecular flexibility index (Phi) is 8.14. The van der Waals surface area contributed by atoms with E-state index in [2.05, 4.69) is 48.3 Å². The number of fused-ring (bicyclic) bond motifs is 1. The molecular formula is C25H34N2O3. The SMILES string of the molecule is CCOc1cccc2c1OCCCCCNC(=O)CN(Cc1cc(C)cc(C)c1)C2. The van der Waals surface area contributed by atoms with Crippen molar-refractivity contribution >= 4 is 5.91 Å². The number of hydrogen-bond donors (Lipinski definition) is 1. The van der Waals surface area contributed by atoms with Crippen LogP contribution in [-0.2, 0) is 17.9 Å². The highest BCUT2D eigenvalue weighted by atomic mass is 16.5. The van der Waals surface area contributed by atoms with Crippen molar-refractivity contribution in [1.82, 2.24) is 10.2 Å². The molecule has 0 saturated heterocycles. The van der Waals surface area contributed by atoms with Crippen molar-refractivity contribution in [3.8, 4) is 11.5 Å². The molecule has 0 unspecified atom stereocenters. The molecular weight excluding hydrogens is 376 g/mol. The topological polar surface area (TPSA) is 50.8 Å². The third-order valence-corrected chi connectivity index (χ3v) is 5.20. The molecule has 1 aliphatic rings. The largest absolute Gasteiger partial charge is 0.490 e. The lowest BCUT2D eigenvalue weighted by molar-refractivity contribution is -0.122. The smallest absolute Gasteiger partial charge is 0.234 e. The fourth-order valence-corrected chi connectivity index (χ4v) is 4.01. The Hall–Kier alpha value is -2.53. The number of benzene rings is 2. The number of para-hydroxylation sites is 1. The number of carbonyl (C=O) groups is 1. The van der Waals surface area contributed by atoms with Crippen molar-refractivity contribution in [2.24, 2.45) is 0 Å². The van der Waals surface area contributed by atoms with Crippen molar-refractivity contribution in [2.45, 2.75) is 53.1 Å². The summed E-state index contributed by atoms with van der Waals surface area (Å²) in [5.74, 6) is 1.66. The number of aryl methyl sites for hydroxylation is 2. The lowest BCUT2D eigenvalue weighted by atomic mass is 10.1. The fraction of sp³-hybridized carbons (Fsp3) is 0.480. The minimum Gasteiger partial charge on any atom is -0.490 e. The minimum absolute atomic E-state index is 0.0713. The highest BCUT2D eigenvalue weighted by molar-refractivity contribution is 5.78. The molecule has 1 amide bonds. The van der Waals surface area contributed by atoms with E-state index in [1.165, 1.54) is 16.7 Å². The highest BCUT2D eigenvalue weighted by Crippen LogP contribution is 2.33. The predicted octanol–water partition coefficient (Wildman–Crippen LogP) is 4.38. The second-order valence-electron chi connectivity index (χ2n) is 8.08. The number of hydrogen-bond acceptors (Lipinski definition) is 4. The van der Waals surface area contributed by atoms with E-state index < -0.39 is 0 Å². The highest BCUT2D eigenvalue weighted by Gasteiger charge is 2.18. The van der Waals surface area contributed by atoms with Crippen LogP contribution >= 0.6 is 0 Å². The summed E-state index contributed by atoms with van der Waals surface area (Å²) in [7, 11) is 0. The Morgan fingerprint density at radius 1 is 1.07 bits per heavy atom. The monoisotopic (exact) mass is 410 g/mol. The third-order valence-electron chi connectivity index (χ3n) is 5.20. The predicted molar refractivity (Wildman–Crippen MR) is 120 cm³/mol. The van der Waals surface area contributed by atoms with E-state index in [-0.39, 0.29) is 5.91 Å². The van der Waals surface area contributed by atoms with Crippen LogP contribution in [0.15, 0.2) is 36.4 Å². The van der Waals surface area contributed by atoms with Crippen LogP contribution in [0.2, 0.25) is 0 Å². The molecule has 0 atom stereocenters. The van der Waals surface area contributed by atoms with Gasteiger partial charge in [0.25, 0.3) is 0 Å². The van der Waals surface area contributed by atoms with Gasteiger partial charge in [-0.15, -0.1) is 0 Å². The number of nitrogens with one attached hydrogen (secondary N) is 1. The number of ether oxygens (including phenoxy) is 2. The molecule has 0 aliphatic carbocycles. The Balaban J connectivity index is 1.90. The summed E-state index contributed by atoms with van der Waals surface area (Å²) < 4.78 is 12.0. The van der Waals surface area contributed by atoms with Gasteiger partial charge in [-0.1, -0.05) is 41.5 Å². The quantitative estimate of drug-likeness (QED) is 0.813. The van der Waals surface area contributed by atoms with Gasteiger partial charge in [-0.05, 0) is 51.7 Å². The van der Waals surface area contributed by atoms with Gasteiger partial charge in [-0.25, -0.2) is 0 Å². The molecule has 1 heterocycles. The zero-order valence-electron chi connectivity index (χ0n) is 18.5. The van der Waals surface area contributed by atoms with Gasteiger partial charge < -0.3 is 14.8 Å². The average Bonchev–Trinajstić information content (AvgIpc) is 2.69. The van der Waals surface area contributed by atoms with Crippen molar-refractivity contribution in [1.29, 1.82) is 0 Å². The summed E-state index contributed by atoms with van der Waals surface area (Å²) in [4.78, 5) is 14.8. The summed E-state index contributed by atoms with van der Waals surface area (Å²) >= 11 is 0. The zero-order chi connectivity index (χ0) is 21.3. The lowest BCUT2D eigenvalue weighted by Gasteiger charge is -2.24. The maximum Gasteiger partial charge on any atom is 0.234 e. The van der Waals surface area contributed by atoms with E-state index in [0.717, 1.165) is 36.3 Å². The Morgan fingerprint density at radius 3 is 2.63 bits per heavy atom. The molecule has 0 bridgehead atoms. The number of rotatable bonds is 4. The molecule has 5 heteroatoms. The van der Waals surface area contributed by atoms with Crippen LogP contribution in [0.25, 0.3) is 0 Å². The van der Waals surface area contributed by atoms with Gasteiger partial charge >= 0.3 is 0 Å². The summed E-state index contributed by atoms with van der Waals surface area (Å²) in [6.45, 7) is 9.84. The molecule has 162 valence electrons. The lowest BCUT2D eigenvalue weighted by Crippen LogP contribution is -2.37. The van der Waals surface area contributed by atoms with Crippen LogP contribution in [0.3, 0.4) is 0 Å². The van der Waals surface area contributed by atoms with E-state index in [9.17, 15) is 4.79 Å². The first-order chi connectivity index (χ1) is 14.5. The summed E-state index contributed by atoms with van der Waals surface area (Å²) in [5.41, 5.74) is 4.75. The van der Waals surface area contributed by atoms with Crippen LogP contribution < -0.4 is 14.8 Å². The van der Waals surface area contributed by atoms with E-state index in [4.69, 9.17) is 9.47 Å². The first kappa shape index (κ1) is 22.2. The second kappa shape index (κ2) is 11.0. The molecule has 0 radical (unpaired) electrons. The third kappa shape index (κ3) is 6.49. The Bertz CT molecular complexity index is 830. The van der Waals surface area contributed by atoms with Gasteiger partial charge in [-0.3, -0.25) is 9.69 Å². The van der Waals surface area contributed by atoms with Crippen LogP contribution in [0.1, 0.15) is 48.4 Å². The zero-order valence-corrected chi connectivity index (χ0v) is 18.5. The van der Waals surface area contributed by atoms with Gasteiger partial charge in [0.2, 0.25) is 5.91 Å². The molecule has 2 aromatic rings. The number of nitrogens with zero attached hydrogens (tertiary/aromatic N) is 1. The van der Waals surface area contributed by atoms with E-state index in [1.807, 2.05) is 19.1 Å². The molecule has 30 heavy (non-hydrogen) atoms. The number of carbonyl (C=O) groups excluding carboxylic acids is 1. The minimum atomic E-state index is 0.0713. The fourth-order valence-electron chi connectivity index (χ4n) is 4.01. The summed E-state index contributed by atoms with van der Waals surface area (Å²) in [6.07, 6.45) is 2.95. The van der Waals surface area contributed by atoms with Gasteiger partial charge in [0, 0.05) is 25.2 Å². The van der Waals surface area contributed by atoms with Crippen LogP contribution in [-0.4, -0.2) is 37.1 Å². The molecule has 0 saturated carbocycles. The molecule has 0 aromatic heterocycles. The molecule has 1 aliphatic heterocycles. The van der Waals surface area contributed by atoms with Gasteiger partial charge in [-0.2, -0.15) is 0 Å². The normalized spacial score (nSPS) is 16.3. The molecule has 3 rings (SSSR count). The second-order valence-corrected chi connectivity index (χ2v) is 8.08. The average molecular weight is 411 g/mol. The summed E-state index contributed by atoms with van der Waals surface area (Å²) in [5, 5.41) is 3.07. The van der Waals surface area contributed by atoms with E-state index in [0.29, 0.717) is 39.4 Å². The van der Waals surface area contributed by atoms with E-state index in [1.54, 1.807) is 0 Å². The van der Waals surface area contributed by atoms with Gasteiger partial charge in [0.1, 0.15) is 0 Å². The number of amides is 1. The first-order valence-corrected chi connectivity index (χ1v) is 11.0. The van der Waals surface area contributed by atoms with Crippen LogP contribution in [0, 0.1) is 13.8 Å². The van der Waals surface area contributed by atoms with Crippen LogP contribution in [0.5, 0.6) is 11.5 Å². The molecule has 1 N–H and O–H groups in total. The standard InChI is InChI=1S/C25H34N2O3/c1-4-29-23-10-8-9-22-17-27(16-21-14-19(2)13-20(3)15-21)18-24(28)26-11-6-5-7-12-30-25(22)23/h8-10,13-15H,4-7,11-12,16-18H2,1-3H3,(H,26,28). The van der Waals surface area contributed by atoms with Gasteiger partial charge in [0.15, 0.2) is 11.5 Å². The first-order valence-electron chi connectivity index (χ1n) is 11.0. The van der Waals surface area contributed by atoms with Crippen molar-refractivity contribution in [3.63, 3.8) is 0 Å². The molecule has 0 spiro atoms. The Labute approximate surface area is 180 Å². The molecule has 5 nitrogen and oxygen atoms in total. The maximum absolute atomic E-state index is 12.6. The van der Waals surface area contributed by atoms with E-state index >= 15 is 0 Å². The van der Waals surface area contributed by atoms with Crippen molar-refractivity contribution in [3.05, 3.63) is 58.7 Å². The summed E-state index contributed by atoms with van der Waals surface area (Å²) in [6, 6.07) is 12.6. The van der Waals surface area contributed by atoms with Crippen molar-refractivity contribution < 1.29 is 14.3 Å².